The molecule has 9 N–H and O–H groups in total. The van der Waals surface area contributed by atoms with E-state index in [1.54, 1.807) is 6.08 Å². The van der Waals surface area contributed by atoms with Crippen LogP contribution in [0.5, 0.6) is 0 Å². The molecular weight excluding hydrogens is 1070 g/mol. The van der Waals surface area contributed by atoms with E-state index in [0.717, 1.165) is 38.5 Å². The Morgan fingerprint density at radius 1 is 0.412 bits per heavy atom. The Bertz CT molecular complexity index is 1520. The molecule has 1 amide bonds. The summed E-state index contributed by atoms with van der Waals surface area (Å²) in [5.41, 5.74) is 0. The van der Waals surface area contributed by atoms with Crippen molar-refractivity contribution in [2.75, 3.05) is 19.8 Å². The summed E-state index contributed by atoms with van der Waals surface area (Å²) in [6.07, 6.45) is 53.8. The van der Waals surface area contributed by atoms with E-state index in [1.165, 1.54) is 263 Å². The molecule has 0 bridgehead atoms. The van der Waals surface area contributed by atoms with E-state index in [2.05, 4.69) is 31.3 Å². The lowest BCUT2D eigenvalue weighted by Gasteiger charge is -2.46. The highest BCUT2D eigenvalue weighted by atomic mass is 16.7. The fourth-order valence-electron chi connectivity index (χ4n) is 12.1. The molecule has 0 aromatic rings. The number of aliphatic hydroxyl groups excluding tert-OH is 8. The van der Waals surface area contributed by atoms with E-state index in [4.69, 9.17) is 18.9 Å². The highest BCUT2D eigenvalue weighted by Crippen LogP contribution is 2.30. The second-order valence-corrected chi connectivity index (χ2v) is 25.7. The maximum absolute atomic E-state index is 13.3. The number of hydrogen-bond acceptors (Lipinski definition) is 13. The molecule has 0 radical (unpaired) electrons. The first-order valence-electron chi connectivity index (χ1n) is 36.1. The van der Waals surface area contributed by atoms with Gasteiger partial charge in [-0.15, -0.1) is 0 Å². The number of carbonyl (C=O) groups excluding carboxylic acids is 1. The number of nitrogens with one attached hydrogen (secondary N) is 1. The Labute approximate surface area is 519 Å². The Kier molecular flexibility index (Phi) is 52.8. The van der Waals surface area contributed by atoms with Gasteiger partial charge in [0, 0.05) is 6.42 Å². The lowest BCUT2D eigenvalue weighted by atomic mass is 9.97. The molecule has 2 aliphatic rings. The van der Waals surface area contributed by atoms with Crippen LogP contribution >= 0.6 is 0 Å². The summed E-state index contributed by atoms with van der Waals surface area (Å²) in [5.74, 6) is -0.236. The molecule has 2 saturated heterocycles. The van der Waals surface area contributed by atoms with Crippen LogP contribution in [-0.4, -0.2) is 140 Å². The monoisotopic (exact) mass is 1210 g/mol. The fourth-order valence-corrected chi connectivity index (χ4v) is 12.1. The van der Waals surface area contributed by atoms with Crippen LogP contribution in [0.2, 0.25) is 0 Å². The van der Waals surface area contributed by atoms with Gasteiger partial charge in [0.15, 0.2) is 12.6 Å². The normalized spacial score (nSPS) is 23.6. The third-order valence-corrected chi connectivity index (χ3v) is 17.9. The molecule has 14 nitrogen and oxygen atoms in total. The van der Waals surface area contributed by atoms with Crippen molar-refractivity contribution in [1.29, 1.82) is 0 Å². The highest BCUT2D eigenvalue weighted by Gasteiger charge is 2.51. The largest absolute Gasteiger partial charge is 0.394 e. The van der Waals surface area contributed by atoms with E-state index in [0.29, 0.717) is 6.42 Å². The lowest BCUT2D eigenvalue weighted by molar-refractivity contribution is -0.359. The third-order valence-electron chi connectivity index (χ3n) is 17.9. The number of carbonyl (C=O) groups is 1. The smallest absolute Gasteiger partial charge is 0.220 e. The molecule has 0 saturated carbocycles. The van der Waals surface area contributed by atoms with Crippen molar-refractivity contribution in [3.05, 3.63) is 24.3 Å². The van der Waals surface area contributed by atoms with Crippen LogP contribution in [0.3, 0.4) is 0 Å². The van der Waals surface area contributed by atoms with E-state index >= 15 is 0 Å². The van der Waals surface area contributed by atoms with Crippen LogP contribution in [0.15, 0.2) is 24.3 Å². The number of ether oxygens (including phenoxy) is 4. The average molecular weight is 1210 g/mol. The van der Waals surface area contributed by atoms with Gasteiger partial charge in [0.25, 0.3) is 0 Å². The summed E-state index contributed by atoms with van der Waals surface area (Å²) < 4.78 is 22.9. The van der Waals surface area contributed by atoms with Crippen molar-refractivity contribution in [2.45, 2.75) is 402 Å². The SMILES string of the molecule is CCCCCCCCCC/C=C\CCCCCCCCCCCC(=O)NC(COC1OC(CO)C(OC2OC(CO)C(O)C(O)C2O)C(O)C1O)C(O)/C=C/CCCCCCCCCCCCCCCCCCCCCCCCCCCCCC. The minimum absolute atomic E-state index is 0.236. The molecule has 2 heterocycles. The van der Waals surface area contributed by atoms with Crippen molar-refractivity contribution in [1.82, 2.24) is 5.32 Å². The topological polar surface area (TPSA) is 228 Å². The van der Waals surface area contributed by atoms with E-state index in [-0.39, 0.29) is 18.9 Å². The number of hydrogen-bond donors (Lipinski definition) is 9. The molecule has 85 heavy (non-hydrogen) atoms. The fraction of sp³-hybridized carbons (Fsp3) is 0.930. The molecule has 2 fully saturated rings. The molecule has 12 atom stereocenters. The molecule has 0 aromatic heterocycles. The van der Waals surface area contributed by atoms with Gasteiger partial charge < -0.3 is 65.1 Å². The zero-order valence-electron chi connectivity index (χ0n) is 54.6. The molecule has 0 spiro atoms. The summed E-state index contributed by atoms with van der Waals surface area (Å²) in [7, 11) is 0. The molecule has 2 aliphatic heterocycles. The van der Waals surface area contributed by atoms with Gasteiger partial charge in [0.05, 0.1) is 32.0 Å². The molecule has 2 rings (SSSR count). The van der Waals surface area contributed by atoms with Crippen LogP contribution in [0, 0.1) is 0 Å². The van der Waals surface area contributed by atoms with Crippen molar-refractivity contribution >= 4 is 5.91 Å². The van der Waals surface area contributed by atoms with Crippen molar-refractivity contribution in [3.8, 4) is 0 Å². The zero-order valence-corrected chi connectivity index (χ0v) is 54.6. The number of aliphatic hydroxyl groups is 8. The van der Waals surface area contributed by atoms with Crippen LogP contribution in [-0.2, 0) is 23.7 Å². The first-order valence-corrected chi connectivity index (χ1v) is 36.1. The van der Waals surface area contributed by atoms with Crippen molar-refractivity contribution < 1.29 is 64.6 Å². The van der Waals surface area contributed by atoms with Gasteiger partial charge in [-0.1, -0.05) is 301 Å². The third kappa shape index (κ3) is 40.8. The van der Waals surface area contributed by atoms with Crippen LogP contribution in [0.25, 0.3) is 0 Å². The van der Waals surface area contributed by atoms with Crippen molar-refractivity contribution in [3.63, 3.8) is 0 Å². The minimum atomic E-state index is -1.79. The van der Waals surface area contributed by atoms with Crippen LogP contribution in [0.4, 0.5) is 0 Å². The van der Waals surface area contributed by atoms with Gasteiger partial charge in [-0.25, -0.2) is 0 Å². The Balaban J connectivity index is 1.67. The molecule has 0 aliphatic carbocycles. The van der Waals surface area contributed by atoms with Gasteiger partial charge in [-0.3, -0.25) is 4.79 Å². The molecule has 14 heteroatoms. The summed E-state index contributed by atoms with van der Waals surface area (Å²) in [4.78, 5) is 13.3. The second kappa shape index (κ2) is 56.5. The number of allylic oxidation sites excluding steroid dienone is 3. The Morgan fingerprint density at radius 3 is 1.12 bits per heavy atom. The van der Waals surface area contributed by atoms with E-state index < -0.39 is 86.8 Å². The molecule has 502 valence electrons. The maximum Gasteiger partial charge on any atom is 0.220 e. The molecule has 0 aromatic carbocycles. The van der Waals surface area contributed by atoms with Gasteiger partial charge in [0.1, 0.15) is 48.8 Å². The quantitative estimate of drug-likeness (QED) is 0.0204. The lowest BCUT2D eigenvalue weighted by Crippen LogP contribution is -2.65. The van der Waals surface area contributed by atoms with Crippen molar-refractivity contribution in [2.24, 2.45) is 0 Å². The average Bonchev–Trinajstić information content (AvgIpc) is 3.69. The summed E-state index contributed by atoms with van der Waals surface area (Å²) in [6.45, 7) is 2.85. The highest BCUT2D eigenvalue weighted by molar-refractivity contribution is 5.76. The van der Waals surface area contributed by atoms with Crippen LogP contribution in [0.1, 0.15) is 328 Å². The standard InChI is InChI=1S/C71H135NO13/c1-3-5-7-9-11-13-15-17-19-21-23-25-26-27-28-29-30-31-32-33-35-36-38-40-42-44-46-48-50-52-54-60(75)59(58-82-70-68(81)66(79)69(62(57-74)84-70)85-71-67(80)65(78)64(77)61(56-73)83-71)72-63(76)55-53-51-49-47-45-43-41-39-37-34-24-22-20-18-16-14-12-10-8-6-4-2/h22,24,52,54,59-62,64-71,73-75,77-81H,3-21,23,25-51,53,55-58H2,1-2H3,(H,72,76)/b24-22-,54-52+. The zero-order chi connectivity index (χ0) is 61.6. The first-order chi connectivity index (χ1) is 41.6. The second-order valence-electron chi connectivity index (χ2n) is 25.7. The van der Waals surface area contributed by atoms with Gasteiger partial charge in [0.2, 0.25) is 5.91 Å². The summed E-state index contributed by atoms with van der Waals surface area (Å²) in [6, 6.07) is -0.915. The van der Waals surface area contributed by atoms with Gasteiger partial charge in [-0.05, 0) is 44.9 Å². The van der Waals surface area contributed by atoms with E-state index in [1.807, 2.05) is 6.08 Å². The van der Waals surface area contributed by atoms with E-state index in [9.17, 15) is 45.6 Å². The number of rotatable bonds is 60. The summed E-state index contributed by atoms with van der Waals surface area (Å²) in [5, 5.41) is 87.5. The number of unbranched alkanes of at least 4 members (excludes halogenated alkanes) is 45. The minimum Gasteiger partial charge on any atom is -0.394 e. The number of amides is 1. The Morgan fingerprint density at radius 2 is 0.741 bits per heavy atom. The molecular formula is C71H135NO13. The first kappa shape index (κ1) is 79.6. The van der Waals surface area contributed by atoms with Gasteiger partial charge in [-0.2, -0.15) is 0 Å². The molecule has 12 unspecified atom stereocenters. The predicted octanol–water partition coefficient (Wildman–Crippen LogP) is 14.7. The van der Waals surface area contributed by atoms with Gasteiger partial charge >= 0.3 is 0 Å². The maximum atomic E-state index is 13.3. The predicted molar refractivity (Wildman–Crippen MR) is 346 cm³/mol. The summed E-state index contributed by atoms with van der Waals surface area (Å²) >= 11 is 0. The Hall–Kier alpha value is -1.53. The van der Waals surface area contributed by atoms with Crippen LogP contribution < -0.4 is 5.32 Å².